The fraction of sp³-hybridized carbons (Fsp3) is 0.773. The molecule has 7 atom stereocenters. The van der Waals surface area contributed by atoms with Crippen molar-refractivity contribution in [2.45, 2.75) is 84.6 Å². The van der Waals surface area contributed by atoms with E-state index < -0.39 is 54.0 Å². The van der Waals surface area contributed by atoms with E-state index >= 15 is 0 Å². The van der Waals surface area contributed by atoms with Gasteiger partial charge in [0, 0.05) is 40.2 Å². The van der Waals surface area contributed by atoms with Crippen molar-refractivity contribution in [3.05, 3.63) is 11.6 Å². The topological polar surface area (TPSA) is 97.4 Å². The molecule has 0 aromatic carbocycles. The van der Waals surface area contributed by atoms with E-state index in [1.165, 1.54) is 20.8 Å². The minimum Gasteiger partial charge on any atom is -0.459 e. The van der Waals surface area contributed by atoms with Crippen LogP contribution < -0.4 is 0 Å². The second-order valence-corrected chi connectivity index (χ2v) is 9.25. The van der Waals surface area contributed by atoms with Crippen LogP contribution in [-0.4, -0.2) is 55.2 Å². The molecule has 0 radical (unpaired) electrons. The Morgan fingerprint density at radius 1 is 1.03 bits per heavy atom. The van der Waals surface area contributed by atoms with E-state index in [1.54, 1.807) is 7.11 Å². The summed E-state index contributed by atoms with van der Waals surface area (Å²) in [6.07, 6.45) is 0.268. The fourth-order valence-electron chi connectivity index (χ4n) is 5.74. The van der Waals surface area contributed by atoms with Gasteiger partial charge in [-0.1, -0.05) is 25.5 Å². The maximum absolute atomic E-state index is 12.0. The Bertz CT molecular complexity index is 756. The molecule has 1 saturated heterocycles. The first-order valence-corrected chi connectivity index (χ1v) is 10.3. The van der Waals surface area contributed by atoms with Gasteiger partial charge >= 0.3 is 17.9 Å². The summed E-state index contributed by atoms with van der Waals surface area (Å²) in [6.45, 7) is 10.1. The summed E-state index contributed by atoms with van der Waals surface area (Å²) >= 11 is 0. The quantitative estimate of drug-likeness (QED) is 0.386. The summed E-state index contributed by atoms with van der Waals surface area (Å²) in [7, 11) is 1.54. The van der Waals surface area contributed by atoms with Crippen LogP contribution in [0.5, 0.6) is 0 Å². The minimum absolute atomic E-state index is 0.150. The van der Waals surface area contributed by atoms with Crippen LogP contribution in [0.25, 0.3) is 0 Å². The van der Waals surface area contributed by atoms with E-state index in [0.717, 1.165) is 12.0 Å². The van der Waals surface area contributed by atoms with E-state index in [-0.39, 0.29) is 11.3 Å². The van der Waals surface area contributed by atoms with Crippen LogP contribution in [-0.2, 0) is 38.1 Å². The summed E-state index contributed by atoms with van der Waals surface area (Å²) in [5.74, 6) is -1.97. The van der Waals surface area contributed by atoms with Crippen molar-refractivity contribution in [1.82, 2.24) is 0 Å². The van der Waals surface area contributed by atoms with Crippen LogP contribution in [0.1, 0.15) is 54.4 Å². The van der Waals surface area contributed by atoms with Crippen molar-refractivity contribution >= 4 is 17.9 Å². The summed E-state index contributed by atoms with van der Waals surface area (Å²) in [4.78, 5) is 35.8. The highest BCUT2D eigenvalue weighted by molar-refractivity contribution is 5.67. The summed E-state index contributed by atoms with van der Waals surface area (Å²) in [6, 6.07) is 0. The van der Waals surface area contributed by atoms with Gasteiger partial charge in [0.15, 0.2) is 0 Å². The highest BCUT2D eigenvalue weighted by Crippen LogP contribution is 2.68. The van der Waals surface area contributed by atoms with Crippen LogP contribution in [0.2, 0.25) is 0 Å². The Hall–Kier alpha value is -1.93. The van der Waals surface area contributed by atoms with Gasteiger partial charge in [0.1, 0.15) is 23.9 Å². The molecule has 0 N–H and O–H groups in total. The molecular weight excluding hydrogens is 392 g/mol. The largest absolute Gasteiger partial charge is 0.459 e. The predicted molar refractivity (Wildman–Crippen MR) is 105 cm³/mol. The third-order valence-electron chi connectivity index (χ3n) is 6.73. The maximum Gasteiger partial charge on any atom is 0.304 e. The molecule has 1 unspecified atom stereocenters. The molecule has 1 saturated carbocycles. The zero-order valence-electron chi connectivity index (χ0n) is 18.7. The fourth-order valence-corrected chi connectivity index (χ4v) is 5.74. The van der Waals surface area contributed by atoms with E-state index in [1.807, 2.05) is 13.0 Å². The lowest BCUT2D eigenvalue weighted by atomic mass is 9.47. The maximum atomic E-state index is 12.0. The molecule has 168 valence electrons. The number of hydrogen-bond acceptors (Lipinski definition) is 8. The zero-order valence-corrected chi connectivity index (χ0v) is 18.7. The molecule has 1 aliphatic heterocycles. The van der Waals surface area contributed by atoms with Gasteiger partial charge in [0.2, 0.25) is 6.29 Å². The van der Waals surface area contributed by atoms with E-state index in [9.17, 15) is 14.4 Å². The lowest BCUT2D eigenvalue weighted by Crippen LogP contribution is -2.68. The molecule has 0 aromatic rings. The van der Waals surface area contributed by atoms with Crippen LogP contribution in [0.4, 0.5) is 0 Å². The summed E-state index contributed by atoms with van der Waals surface area (Å²) in [5.41, 5.74) is -0.292. The second-order valence-electron chi connectivity index (χ2n) is 9.25. The molecular formula is C22H32O8. The number of esters is 3. The summed E-state index contributed by atoms with van der Waals surface area (Å²) < 4.78 is 29.2. The Labute approximate surface area is 177 Å². The third kappa shape index (κ3) is 3.64. The molecule has 2 fully saturated rings. The third-order valence-corrected chi connectivity index (χ3v) is 6.73. The zero-order chi connectivity index (χ0) is 22.4. The van der Waals surface area contributed by atoms with Crippen molar-refractivity contribution in [1.29, 1.82) is 0 Å². The first-order chi connectivity index (χ1) is 13.9. The van der Waals surface area contributed by atoms with E-state index in [2.05, 4.69) is 13.8 Å². The van der Waals surface area contributed by atoms with Crippen LogP contribution in [0, 0.1) is 17.3 Å². The van der Waals surface area contributed by atoms with Crippen LogP contribution in [0.15, 0.2) is 11.6 Å². The standard InChI is InChI=1S/C22H32O8/c1-11-8-16(26-7)19(28-13(3)24)18-15-10-21(5,6)22(15,17(9-11)27-12(2)23)30-20(18)29-14(4)25/h8,15-20H,9-10H2,1-7H3/b11-8-/t15-,16-,17+,18?,19+,20+,22-/m1/s1. The molecule has 0 spiro atoms. The Kier molecular flexibility index (Phi) is 6.04. The molecule has 0 amide bonds. The molecule has 3 aliphatic rings. The van der Waals surface area contributed by atoms with Crippen LogP contribution >= 0.6 is 0 Å². The number of carbonyl (C=O) groups is 3. The van der Waals surface area contributed by atoms with Gasteiger partial charge in [-0.05, 0) is 18.8 Å². The van der Waals surface area contributed by atoms with Gasteiger partial charge in [-0.15, -0.1) is 0 Å². The normalized spacial score (nSPS) is 41.0. The van der Waals surface area contributed by atoms with Crippen LogP contribution in [0.3, 0.4) is 0 Å². The first kappa shape index (κ1) is 22.7. The number of ether oxygens (including phenoxy) is 5. The van der Waals surface area contributed by atoms with E-state index in [4.69, 9.17) is 23.7 Å². The van der Waals surface area contributed by atoms with Crippen molar-refractivity contribution in [2.24, 2.45) is 17.3 Å². The Morgan fingerprint density at radius 2 is 1.63 bits per heavy atom. The molecule has 2 bridgehead atoms. The second kappa shape index (κ2) is 7.96. The highest BCUT2D eigenvalue weighted by atomic mass is 16.7. The molecule has 8 nitrogen and oxygen atoms in total. The molecule has 0 aromatic heterocycles. The minimum atomic E-state index is -0.943. The number of methoxy groups -OCH3 is 1. The number of hydrogen-bond donors (Lipinski definition) is 0. The lowest BCUT2D eigenvalue weighted by Gasteiger charge is -2.60. The number of rotatable bonds is 4. The molecule has 1 heterocycles. The average Bonchev–Trinajstić information content (AvgIpc) is 2.87. The van der Waals surface area contributed by atoms with Crippen molar-refractivity contribution in [3.63, 3.8) is 0 Å². The van der Waals surface area contributed by atoms with Crippen molar-refractivity contribution in [2.75, 3.05) is 7.11 Å². The predicted octanol–water partition coefficient (Wildman–Crippen LogP) is 2.54. The average molecular weight is 424 g/mol. The lowest BCUT2D eigenvalue weighted by molar-refractivity contribution is -0.279. The number of carbonyl (C=O) groups excluding carboxylic acids is 3. The van der Waals surface area contributed by atoms with E-state index in [0.29, 0.717) is 6.42 Å². The first-order valence-electron chi connectivity index (χ1n) is 10.3. The van der Waals surface area contributed by atoms with Gasteiger partial charge in [-0.3, -0.25) is 14.4 Å². The Balaban J connectivity index is 2.18. The monoisotopic (exact) mass is 424 g/mol. The van der Waals surface area contributed by atoms with Gasteiger partial charge in [-0.2, -0.15) is 0 Å². The SMILES string of the molecule is CO[C@@H]1/C=C(/C)C[C@H](OC(C)=O)[C@]23O[C@H](OC(C)=O)C([C@H]1OC(C)=O)[C@H]2CC3(C)C. The highest BCUT2D eigenvalue weighted by Gasteiger charge is 2.76. The molecule has 30 heavy (non-hydrogen) atoms. The van der Waals surface area contributed by atoms with Crippen molar-refractivity contribution < 1.29 is 38.1 Å². The molecule has 3 rings (SSSR count). The van der Waals surface area contributed by atoms with Gasteiger partial charge < -0.3 is 23.7 Å². The molecule has 8 heteroatoms. The van der Waals surface area contributed by atoms with Gasteiger partial charge in [0.05, 0.1) is 5.92 Å². The smallest absolute Gasteiger partial charge is 0.304 e. The summed E-state index contributed by atoms with van der Waals surface area (Å²) in [5, 5.41) is 0. The van der Waals surface area contributed by atoms with Crippen molar-refractivity contribution in [3.8, 4) is 0 Å². The Morgan fingerprint density at radius 3 is 2.13 bits per heavy atom. The van der Waals surface area contributed by atoms with Gasteiger partial charge in [-0.25, -0.2) is 0 Å². The molecule has 2 aliphatic carbocycles. The van der Waals surface area contributed by atoms with Gasteiger partial charge in [0.25, 0.3) is 0 Å².